The maximum Gasteiger partial charge on any atom is 0.346 e. The highest BCUT2D eigenvalue weighted by Gasteiger charge is 2.21. The molecule has 4 nitrogen and oxygen atoms in total. The lowest BCUT2D eigenvalue weighted by molar-refractivity contribution is -0.133. The molecule has 21 heavy (non-hydrogen) atoms. The number of halogens is 1. The molecule has 0 aromatic heterocycles. The van der Waals surface area contributed by atoms with E-state index in [0.29, 0.717) is 0 Å². The molecule has 0 spiro atoms. The Bertz CT molecular complexity index is 621. The van der Waals surface area contributed by atoms with E-state index in [9.17, 15) is 14.0 Å². The SMILES string of the molecule is CCOC(=O)c1cc(F)ccc1C(=C=C(C)C)C(=O)OC. The van der Waals surface area contributed by atoms with E-state index in [1.54, 1.807) is 20.8 Å². The minimum atomic E-state index is -0.705. The van der Waals surface area contributed by atoms with Gasteiger partial charge in [0.05, 0.1) is 19.3 Å². The van der Waals surface area contributed by atoms with Gasteiger partial charge in [0, 0.05) is 5.56 Å². The Morgan fingerprint density at radius 2 is 1.90 bits per heavy atom. The Hall–Kier alpha value is -2.39. The van der Waals surface area contributed by atoms with Gasteiger partial charge in [-0.05, 0) is 44.5 Å². The summed E-state index contributed by atoms with van der Waals surface area (Å²) in [5.41, 5.74) is 3.79. The van der Waals surface area contributed by atoms with Crippen molar-refractivity contribution < 1.29 is 23.5 Å². The molecule has 0 amide bonds. The zero-order valence-corrected chi connectivity index (χ0v) is 12.5. The summed E-state index contributed by atoms with van der Waals surface area (Å²) in [6, 6.07) is 3.53. The van der Waals surface area contributed by atoms with E-state index < -0.39 is 17.8 Å². The van der Waals surface area contributed by atoms with Crippen LogP contribution >= 0.6 is 0 Å². The highest BCUT2D eigenvalue weighted by molar-refractivity contribution is 6.18. The van der Waals surface area contributed by atoms with Gasteiger partial charge in [-0.15, -0.1) is 5.73 Å². The molecule has 0 saturated heterocycles. The summed E-state index contributed by atoms with van der Waals surface area (Å²) in [5, 5.41) is 0. The van der Waals surface area contributed by atoms with Crippen molar-refractivity contribution in [1.29, 1.82) is 0 Å². The number of methoxy groups -OCH3 is 1. The van der Waals surface area contributed by atoms with E-state index in [4.69, 9.17) is 9.47 Å². The fourth-order valence-corrected chi connectivity index (χ4v) is 1.69. The first kappa shape index (κ1) is 16.7. The monoisotopic (exact) mass is 292 g/mol. The van der Waals surface area contributed by atoms with Gasteiger partial charge in [0.2, 0.25) is 0 Å². The lowest BCUT2D eigenvalue weighted by Crippen LogP contribution is -2.12. The van der Waals surface area contributed by atoms with Crippen molar-refractivity contribution in [2.75, 3.05) is 13.7 Å². The van der Waals surface area contributed by atoms with E-state index in [0.717, 1.165) is 17.7 Å². The molecule has 0 bridgehead atoms. The van der Waals surface area contributed by atoms with Crippen LogP contribution in [0.25, 0.3) is 5.57 Å². The first-order chi connectivity index (χ1) is 9.90. The van der Waals surface area contributed by atoms with E-state index >= 15 is 0 Å². The maximum absolute atomic E-state index is 13.4. The third-order valence-corrected chi connectivity index (χ3v) is 2.51. The first-order valence-electron chi connectivity index (χ1n) is 6.40. The largest absolute Gasteiger partial charge is 0.465 e. The van der Waals surface area contributed by atoms with Crippen LogP contribution in [0, 0.1) is 5.82 Å². The highest BCUT2D eigenvalue weighted by Crippen LogP contribution is 2.22. The number of esters is 2. The number of carbonyl (C=O) groups excluding carboxylic acids is 2. The average molecular weight is 292 g/mol. The smallest absolute Gasteiger partial charge is 0.346 e. The van der Waals surface area contributed by atoms with Crippen molar-refractivity contribution in [3.05, 3.63) is 46.4 Å². The molecular weight excluding hydrogens is 275 g/mol. The summed E-state index contributed by atoms with van der Waals surface area (Å²) in [5.74, 6) is -1.96. The second-order valence-corrected chi connectivity index (χ2v) is 4.40. The zero-order valence-electron chi connectivity index (χ0n) is 12.5. The van der Waals surface area contributed by atoms with Gasteiger partial charge in [0.1, 0.15) is 11.4 Å². The summed E-state index contributed by atoms with van der Waals surface area (Å²) in [6.45, 7) is 5.28. The lowest BCUT2D eigenvalue weighted by atomic mass is 9.99. The highest BCUT2D eigenvalue weighted by atomic mass is 19.1. The summed E-state index contributed by atoms with van der Waals surface area (Å²) < 4.78 is 23.0. The molecule has 0 unspecified atom stereocenters. The van der Waals surface area contributed by atoms with Gasteiger partial charge in [0.25, 0.3) is 0 Å². The number of hydrogen-bond donors (Lipinski definition) is 0. The number of hydrogen-bond acceptors (Lipinski definition) is 4. The van der Waals surface area contributed by atoms with Gasteiger partial charge in [-0.2, -0.15) is 0 Å². The van der Waals surface area contributed by atoms with Crippen LogP contribution in [-0.4, -0.2) is 25.7 Å². The quantitative estimate of drug-likeness (QED) is 0.486. The predicted octanol–water partition coefficient (Wildman–Crippen LogP) is 3.12. The van der Waals surface area contributed by atoms with Gasteiger partial charge < -0.3 is 9.47 Å². The second-order valence-electron chi connectivity index (χ2n) is 4.40. The third-order valence-electron chi connectivity index (χ3n) is 2.51. The minimum absolute atomic E-state index is 0.0361. The topological polar surface area (TPSA) is 52.6 Å². The molecule has 1 aromatic carbocycles. The van der Waals surface area contributed by atoms with E-state index in [2.05, 4.69) is 5.73 Å². The van der Waals surface area contributed by atoms with Gasteiger partial charge in [0.15, 0.2) is 0 Å². The van der Waals surface area contributed by atoms with Crippen LogP contribution in [0.5, 0.6) is 0 Å². The Labute approximate surface area is 122 Å². The molecule has 0 aliphatic carbocycles. The molecule has 0 saturated carbocycles. The Morgan fingerprint density at radius 1 is 1.24 bits per heavy atom. The van der Waals surface area contributed by atoms with Crippen molar-refractivity contribution in [3.8, 4) is 0 Å². The van der Waals surface area contributed by atoms with Crippen LogP contribution in [0.2, 0.25) is 0 Å². The Morgan fingerprint density at radius 3 is 2.43 bits per heavy atom. The van der Waals surface area contributed by atoms with Gasteiger partial charge in [-0.3, -0.25) is 0 Å². The molecule has 0 fully saturated rings. The summed E-state index contributed by atoms with van der Waals surface area (Å²) in [6.07, 6.45) is 0. The molecule has 0 radical (unpaired) electrons. The first-order valence-corrected chi connectivity index (χ1v) is 6.40. The molecule has 0 aliphatic heterocycles. The second kappa shape index (κ2) is 7.41. The molecule has 0 aliphatic rings. The molecule has 0 atom stereocenters. The Balaban J connectivity index is 3.56. The predicted molar refractivity (Wildman–Crippen MR) is 76.2 cm³/mol. The number of rotatable bonds is 4. The van der Waals surface area contributed by atoms with Crippen LogP contribution in [0.1, 0.15) is 36.7 Å². The molecule has 5 heteroatoms. The number of carbonyl (C=O) groups is 2. The zero-order chi connectivity index (χ0) is 16.0. The lowest BCUT2D eigenvalue weighted by Gasteiger charge is -2.10. The minimum Gasteiger partial charge on any atom is -0.465 e. The molecular formula is C16H17FO4. The summed E-state index contributed by atoms with van der Waals surface area (Å²) in [4.78, 5) is 23.8. The van der Waals surface area contributed by atoms with Crippen LogP contribution in [0.15, 0.2) is 29.5 Å². The average Bonchev–Trinajstić information content (AvgIpc) is 2.44. The van der Waals surface area contributed by atoms with Gasteiger partial charge in [-0.1, -0.05) is 0 Å². The summed E-state index contributed by atoms with van der Waals surface area (Å²) in [7, 11) is 1.22. The third kappa shape index (κ3) is 4.29. The number of ether oxygens (including phenoxy) is 2. The molecule has 1 aromatic rings. The normalized spacial score (nSPS) is 9.57. The standard InChI is InChI=1S/C16H17FO4/c1-5-21-16(19)14-9-11(17)6-7-12(14)13(8-10(2)3)15(18)20-4/h6-7,9H,5H2,1-4H3. The van der Waals surface area contributed by atoms with Crippen molar-refractivity contribution in [2.24, 2.45) is 0 Å². The fraction of sp³-hybridized carbons (Fsp3) is 0.312. The molecule has 1 rings (SSSR count). The van der Waals surface area contributed by atoms with Crippen molar-refractivity contribution >= 4 is 17.5 Å². The van der Waals surface area contributed by atoms with Crippen LogP contribution in [0.3, 0.4) is 0 Å². The van der Waals surface area contributed by atoms with Crippen molar-refractivity contribution in [3.63, 3.8) is 0 Å². The summed E-state index contributed by atoms with van der Waals surface area (Å²) >= 11 is 0. The van der Waals surface area contributed by atoms with Crippen LogP contribution in [0.4, 0.5) is 4.39 Å². The van der Waals surface area contributed by atoms with E-state index in [1.165, 1.54) is 13.2 Å². The van der Waals surface area contributed by atoms with Gasteiger partial charge >= 0.3 is 11.9 Å². The fourth-order valence-electron chi connectivity index (χ4n) is 1.69. The van der Waals surface area contributed by atoms with E-state index in [1.807, 2.05) is 0 Å². The van der Waals surface area contributed by atoms with Crippen LogP contribution in [-0.2, 0) is 14.3 Å². The molecule has 0 N–H and O–H groups in total. The van der Waals surface area contributed by atoms with Gasteiger partial charge in [-0.25, -0.2) is 14.0 Å². The van der Waals surface area contributed by atoms with Crippen molar-refractivity contribution in [2.45, 2.75) is 20.8 Å². The Kier molecular flexibility index (Phi) is 5.88. The molecule has 112 valence electrons. The van der Waals surface area contributed by atoms with Crippen molar-refractivity contribution in [1.82, 2.24) is 0 Å². The van der Waals surface area contributed by atoms with Crippen LogP contribution < -0.4 is 0 Å². The van der Waals surface area contributed by atoms with E-state index in [-0.39, 0.29) is 23.3 Å². The maximum atomic E-state index is 13.4. The molecule has 0 heterocycles. The number of benzene rings is 1.